The second kappa shape index (κ2) is 10.8. The fourth-order valence-corrected chi connectivity index (χ4v) is 8.49. The summed E-state index contributed by atoms with van der Waals surface area (Å²) in [6.07, 6.45) is 3.90. The number of nitrogens with zero attached hydrogens (tertiary/aromatic N) is 1. The highest BCUT2D eigenvalue weighted by atomic mass is 32.2. The molecule has 0 bridgehead atoms. The molecular formula is C28H35NO2S2. The molecule has 5 heteroatoms. The van der Waals surface area contributed by atoms with Crippen LogP contribution in [0.25, 0.3) is 0 Å². The van der Waals surface area contributed by atoms with Gasteiger partial charge in [-0.15, -0.1) is 29.4 Å². The highest BCUT2D eigenvalue weighted by molar-refractivity contribution is 8.18. The van der Waals surface area contributed by atoms with Crippen LogP contribution in [0.1, 0.15) is 57.6 Å². The smallest absolute Gasteiger partial charge is 0.145 e. The van der Waals surface area contributed by atoms with E-state index in [-0.39, 0.29) is 4.08 Å². The van der Waals surface area contributed by atoms with E-state index in [1.165, 1.54) is 6.42 Å². The summed E-state index contributed by atoms with van der Waals surface area (Å²) in [4.78, 5) is 2.37. The molecule has 0 amide bonds. The molecule has 1 fully saturated rings. The van der Waals surface area contributed by atoms with Crippen LogP contribution in [0.3, 0.4) is 0 Å². The molecule has 0 spiro atoms. The van der Waals surface area contributed by atoms with Crippen molar-refractivity contribution in [3.63, 3.8) is 0 Å². The molecule has 0 unspecified atom stereocenters. The number of fused-ring (bicyclic) bond motifs is 2. The van der Waals surface area contributed by atoms with Crippen molar-refractivity contribution in [2.45, 2.75) is 62.2 Å². The maximum absolute atomic E-state index is 12.7. The first kappa shape index (κ1) is 24.5. The van der Waals surface area contributed by atoms with Crippen molar-refractivity contribution in [3.05, 3.63) is 59.7 Å². The average Bonchev–Trinajstić information content (AvgIpc) is 2.84. The van der Waals surface area contributed by atoms with Crippen molar-refractivity contribution < 1.29 is 9.84 Å². The summed E-state index contributed by atoms with van der Waals surface area (Å²) in [6, 6.07) is 16.5. The molecule has 33 heavy (non-hydrogen) atoms. The molecule has 4 rings (SSSR count). The molecule has 0 radical (unpaired) electrons. The quantitative estimate of drug-likeness (QED) is 0.361. The third-order valence-corrected chi connectivity index (χ3v) is 10.3. The lowest BCUT2D eigenvalue weighted by molar-refractivity contribution is 0.0531. The van der Waals surface area contributed by atoms with Gasteiger partial charge in [-0.05, 0) is 63.3 Å². The van der Waals surface area contributed by atoms with Crippen molar-refractivity contribution in [1.29, 1.82) is 0 Å². The van der Waals surface area contributed by atoms with Gasteiger partial charge in [-0.2, -0.15) is 0 Å². The molecule has 2 aromatic carbocycles. The van der Waals surface area contributed by atoms with Crippen LogP contribution in [0.5, 0.6) is 11.5 Å². The Bertz CT molecular complexity index is 959. The van der Waals surface area contributed by atoms with Crippen LogP contribution < -0.4 is 4.74 Å². The molecule has 2 aliphatic rings. The fourth-order valence-electron chi connectivity index (χ4n) is 4.81. The summed E-state index contributed by atoms with van der Waals surface area (Å²) in [5.74, 6) is 10.4. The van der Waals surface area contributed by atoms with Crippen molar-refractivity contribution in [2.24, 2.45) is 0 Å². The van der Waals surface area contributed by atoms with E-state index in [9.17, 15) is 5.11 Å². The predicted molar refractivity (Wildman–Crippen MR) is 142 cm³/mol. The molecule has 2 aromatic rings. The zero-order valence-electron chi connectivity index (χ0n) is 20.0. The first-order chi connectivity index (χ1) is 16.0. The molecule has 1 N–H and O–H groups in total. The summed E-state index contributed by atoms with van der Waals surface area (Å²) in [7, 11) is 0. The SMILES string of the molecule is CCN(CC#CCCCC1(C2(O)c3ccccc3Oc3ccccc32)SCCCS1)C(C)C. The van der Waals surface area contributed by atoms with E-state index in [1.807, 2.05) is 72.1 Å². The number of hydrogen-bond donors (Lipinski definition) is 1. The van der Waals surface area contributed by atoms with E-state index in [0.717, 1.165) is 66.5 Å². The summed E-state index contributed by atoms with van der Waals surface area (Å²) in [5, 5.41) is 12.7. The minimum Gasteiger partial charge on any atom is -0.457 e. The number of aliphatic hydroxyl groups is 1. The van der Waals surface area contributed by atoms with Crippen LogP contribution in [-0.4, -0.2) is 44.7 Å². The van der Waals surface area contributed by atoms with Gasteiger partial charge in [0.2, 0.25) is 0 Å². The van der Waals surface area contributed by atoms with Gasteiger partial charge >= 0.3 is 0 Å². The molecule has 1 saturated heterocycles. The second-order valence-electron chi connectivity index (χ2n) is 8.97. The predicted octanol–water partition coefficient (Wildman–Crippen LogP) is 6.50. The van der Waals surface area contributed by atoms with E-state index in [4.69, 9.17) is 4.74 Å². The lowest BCUT2D eigenvalue weighted by Gasteiger charge is -2.51. The number of ether oxygens (including phenoxy) is 1. The molecule has 176 valence electrons. The molecular weight excluding hydrogens is 446 g/mol. The monoisotopic (exact) mass is 481 g/mol. The average molecular weight is 482 g/mol. The van der Waals surface area contributed by atoms with Gasteiger partial charge in [0, 0.05) is 23.6 Å². The van der Waals surface area contributed by atoms with Crippen molar-refractivity contribution in [3.8, 4) is 23.3 Å². The van der Waals surface area contributed by atoms with Crippen LogP contribution in [0.15, 0.2) is 48.5 Å². The Kier molecular flexibility index (Phi) is 8.02. The van der Waals surface area contributed by atoms with Gasteiger partial charge in [-0.3, -0.25) is 4.90 Å². The van der Waals surface area contributed by atoms with Gasteiger partial charge in [0.25, 0.3) is 0 Å². The Labute approximate surface area is 207 Å². The molecule has 3 nitrogen and oxygen atoms in total. The molecule has 0 saturated carbocycles. The third kappa shape index (κ3) is 4.82. The Hall–Kier alpha value is -1.58. The van der Waals surface area contributed by atoms with E-state index in [0.29, 0.717) is 6.04 Å². The molecule has 0 atom stereocenters. The van der Waals surface area contributed by atoms with Crippen LogP contribution in [-0.2, 0) is 5.60 Å². The lowest BCUT2D eigenvalue weighted by Crippen LogP contribution is -2.51. The molecule has 2 aliphatic heterocycles. The molecule has 0 aliphatic carbocycles. The summed E-state index contributed by atoms with van der Waals surface area (Å²) < 4.78 is 5.85. The Morgan fingerprint density at radius 2 is 1.61 bits per heavy atom. The van der Waals surface area contributed by atoms with Crippen LogP contribution in [0.2, 0.25) is 0 Å². The normalized spacial score (nSPS) is 18.1. The Morgan fingerprint density at radius 1 is 1.00 bits per heavy atom. The van der Waals surface area contributed by atoms with Crippen LogP contribution in [0, 0.1) is 11.8 Å². The first-order valence-corrected chi connectivity index (χ1v) is 14.1. The van der Waals surface area contributed by atoms with E-state index in [2.05, 4.69) is 37.5 Å². The minimum absolute atomic E-state index is 0.365. The largest absolute Gasteiger partial charge is 0.457 e. The number of rotatable bonds is 7. The molecule has 0 aromatic heterocycles. The molecule has 2 heterocycles. The maximum Gasteiger partial charge on any atom is 0.145 e. The third-order valence-electron chi connectivity index (χ3n) is 6.64. The van der Waals surface area contributed by atoms with E-state index in [1.54, 1.807) is 0 Å². The van der Waals surface area contributed by atoms with Crippen molar-refractivity contribution in [2.75, 3.05) is 24.6 Å². The summed E-state index contributed by atoms with van der Waals surface area (Å²) in [5.41, 5.74) is 0.651. The number of para-hydroxylation sites is 2. The number of benzene rings is 2. The maximum atomic E-state index is 12.7. The van der Waals surface area contributed by atoms with Crippen LogP contribution >= 0.6 is 23.5 Å². The number of thioether (sulfide) groups is 2. The van der Waals surface area contributed by atoms with Gasteiger partial charge in [0.1, 0.15) is 17.1 Å². The summed E-state index contributed by atoms with van der Waals surface area (Å²) in [6.45, 7) is 8.47. The Morgan fingerprint density at radius 3 is 2.18 bits per heavy atom. The highest BCUT2D eigenvalue weighted by Crippen LogP contribution is 2.63. The highest BCUT2D eigenvalue weighted by Gasteiger charge is 2.57. The second-order valence-corrected chi connectivity index (χ2v) is 12.0. The standard InChI is InChI=1S/C28H35NO2S2/c1-4-29(22(2)3)19-12-6-5-11-18-27(32-20-13-21-33-27)28(30)23-14-7-9-16-25(23)31-26-17-10-8-15-24(26)28/h7-10,14-17,22,30H,4-5,11,13,18-21H2,1-3H3. The summed E-state index contributed by atoms with van der Waals surface area (Å²) >= 11 is 3.84. The zero-order valence-corrected chi connectivity index (χ0v) is 21.6. The fraction of sp³-hybridized carbons (Fsp3) is 0.500. The van der Waals surface area contributed by atoms with Crippen molar-refractivity contribution in [1.82, 2.24) is 4.90 Å². The minimum atomic E-state index is -1.11. The Balaban J connectivity index is 1.60. The van der Waals surface area contributed by atoms with E-state index >= 15 is 0 Å². The van der Waals surface area contributed by atoms with Gasteiger partial charge in [-0.1, -0.05) is 49.2 Å². The lowest BCUT2D eigenvalue weighted by atomic mass is 9.78. The van der Waals surface area contributed by atoms with Gasteiger partial charge in [0.05, 0.1) is 10.6 Å². The van der Waals surface area contributed by atoms with Gasteiger partial charge in [0.15, 0.2) is 0 Å². The van der Waals surface area contributed by atoms with Gasteiger partial charge in [-0.25, -0.2) is 0 Å². The van der Waals surface area contributed by atoms with Gasteiger partial charge < -0.3 is 9.84 Å². The van der Waals surface area contributed by atoms with Crippen LogP contribution in [0.4, 0.5) is 0 Å². The number of unbranched alkanes of at least 4 members (excludes halogenated alkanes) is 1. The first-order valence-electron chi connectivity index (χ1n) is 12.1. The topological polar surface area (TPSA) is 32.7 Å². The van der Waals surface area contributed by atoms with E-state index < -0.39 is 5.60 Å². The number of hydrogen-bond acceptors (Lipinski definition) is 5. The zero-order chi connectivity index (χ0) is 23.3. The van der Waals surface area contributed by atoms with Crippen molar-refractivity contribution >= 4 is 23.5 Å².